The number of halogens is 3. The topological polar surface area (TPSA) is 75.7 Å². The first-order valence-electron chi connectivity index (χ1n) is 7.63. The maximum atomic E-state index is 13.8. The standard InChI is InChI=1S/C17H17ClF2N2O4S/c1-10(17(23)21-14-6-5-12(19)9-13(14)20)22(27(3,24)25)15-8-11(18)4-7-16(15)26-2/h4-10H,1-3H3,(H,21,23). The van der Waals surface area contributed by atoms with E-state index in [1.54, 1.807) is 0 Å². The van der Waals surface area contributed by atoms with Gasteiger partial charge in [-0.3, -0.25) is 9.10 Å². The van der Waals surface area contributed by atoms with Crippen molar-refractivity contribution in [2.45, 2.75) is 13.0 Å². The number of carbonyl (C=O) groups excluding carboxylic acids is 1. The summed E-state index contributed by atoms with van der Waals surface area (Å²) in [5, 5.41) is 2.48. The van der Waals surface area contributed by atoms with Crippen LogP contribution in [0.5, 0.6) is 5.75 Å². The first-order chi connectivity index (χ1) is 12.5. The second-order valence-electron chi connectivity index (χ2n) is 5.66. The Morgan fingerprint density at radius 3 is 2.44 bits per heavy atom. The Kier molecular flexibility index (Phi) is 6.27. The van der Waals surface area contributed by atoms with Gasteiger partial charge in [-0.2, -0.15) is 0 Å². The van der Waals surface area contributed by atoms with E-state index in [0.29, 0.717) is 6.07 Å². The smallest absolute Gasteiger partial charge is 0.248 e. The molecule has 0 aliphatic heterocycles. The van der Waals surface area contributed by atoms with Gasteiger partial charge in [0.1, 0.15) is 23.4 Å². The van der Waals surface area contributed by atoms with Crippen molar-refractivity contribution in [1.82, 2.24) is 0 Å². The molecule has 146 valence electrons. The second kappa shape index (κ2) is 8.10. The fourth-order valence-electron chi connectivity index (χ4n) is 2.44. The molecule has 0 aliphatic carbocycles. The third-order valence-corrected chi connectivity index (χ3v) is 5.12. The molecule has 1 atom stereocenters. The molecule has 27 heavy (non-hydrogen) atoms. The van der Waals surface area contributed by atoms with Crippen LogP contribution in [0.15, 0.2) is 36.4 Å². The predicted molar refractivity (Wildman–Crippen MR) is 99.8 cm³/mol. The number of hydrogen-bond donors (Lipinski definition) is 1. The normalized spacial score (nSPS) is 12.4. The molecule has 2 aromatic rings. The van der Waals surface area contributed by atoms with Gasteiger partial charge in [0.25, 0.3) is 0 Å². The van der Waals surface area contributed by atoms with Crippen molar-refractivity contribution in [3.63, 3.8) is 0 Å². The van der Waals surface area contributed by atoms with Crippen molar-refractivity contribution < 1.29 is 26.7 Å². The number of anilines is 2. The zero-order valence-electron chi connectivity index (χ0n) is 14.7. The Bertz CT molecular complexity index is 969. The van der Waals surface area contributed by atoms with Crippen LogP contribution in [0.2, 0.25) is 5.02 Å². The number of carbonyl (C=O) groups is 1. The van der Waals surface area contributed by atoms with Gasteiger partial charge in [0.15, 0.2) is 0 Å². The minimum atomic E-state index is -3.94. The molecule has 0 saturated heterocycles. The van der Waals surface area contributed by atoms with Crippen LogP contribution in [0.4, 0.5) is 20.2 Å². The summed E-state index contributed by atoms with van der Waals surface area (Å²) in [5.74, 6) is -2.44. The second-order valence-corrected chi connectivity index (χ2v) is 7.96. The zero-order chi connectivity index (χ0) is 20.4. The molecule has 0 heterocycles. The first kappa shape index (κ1) is 20.9. The molecule has 6 nitrogen and oxygen atoms in total. The fraction of sp³-hybridized carbons (Fsp3) is 0.235. The average molecular weight is 419 g/mol. The van der Waals surface area contributed by atoms with Crippen LogP contribution in [0, 0.1) is 11.6 Å². The van der Waals surface area contributed by atoms with Crippen molar-refractivity contribution >= 4 is 38.9 Å². The van der Waals surface area contributed by atoms with E-state index in [2.05, 4.69) is 5.32 Å². The molecule has 0 bridgehead atoms. The van der Waals surface area contributed by atoms with Gasteiger partial charge in [-0.05, 0) is 37.3 Å². The predicted octanol–water partition coefficient (Wildman–Crippen LogP) is 3.42. The molecule has 10 heteroatoms. The van der Waals surface area contributed by atoms with E-state index in [0.717, 1.165) is 22.7 Å². The highest BCUT2D eigenvalue weighted by molar-refractivity contribution is 7.92. The Balaban J connectivity index is 2.42. The van der Waals surface area contributed by atoms with Crippen molar-refractivity contribution in [1.29, 1.82) is 0 Å². The molecular weight excluding hydrogens is 402 g/mol. The van der Waals surface area contributed by atoms with Gasteiger partial charge in [-0.1, -0.05) is 11.6 Å². The summed E-state index contributed by atoms with van der Waals surface area (Å²) in [4.78, 5) is 12.5. The summed E-state index contributed by atoms with van der Waals surface area (Å²) >= 11 is 5.95. The fourth-order valence-corrected chi connectivity index (χ4v) is 3.78. The molecule has 2 rings (SSSR count). The third-order valence-electron chi connectivity index (χ3n) is 3.66. The van der Waals surface area contributed by atoms with Crippen molar-refractivity contribution in [2.75, 3.05) is 23.0 Å². The molecule has 1 unspecified atom stereocenters. The molecule has 0 fully saturated rings. The monoisotopic (exact) mass is 418 g/mol. The SMILES string of the molecule is COc1ccc(Cl)cc1N(C(C)C(=O)Nc1ccc(F)cc1F)S(C)(=O)=O. The third kappa shape index (κ3) is 4.86. The number of benzene rings is 2. The largest absolute Gasteiger partial charge is 0.495 e. The van der Waals surface area contributed by atoms with Gasteiger partial charge in [-0.25, -0.2) is 17.2 Å². The molecular formula is C17H17ClF2N2O4S. The van der Waals surface area contributed by atoms with Crippen LogP contribution < -0.4 is 14.4 Å². The van der Waals surface area contributed by atoms with Gasteiger partial charge in [0.05, 0.1) is 24.7 Å². The van der Waals surface area contributed by atoms with Crippen LogP contribution in [0.3, 0.4) is 0 Å². The lowest BCUT2D eigenvalue weighted by Gasteiger charge is -2.29. The summed E-state index contributed by atoms with van der Waals surface area (Å²) in [6.45, 7) is 1.32. The van der Waals surface area contributed by atoms with Crippen molar-refractivity contribution in [2.24, 2.45) is 0 Å². The van der Waals surface area contributed by atoms with E-state index >= 15 is 0 Å². The maximum Gasteiger partial charge on any atom is 0.248 e. The average Bonchev–Trinajstić information content (AvgIpc) is 2.56. The van der Waals surface area contributed by atoms with Gasteiger partial charge >= 0.3 is 0 Å². The number of sulfonamides is 1. The molecule has 0 saturated carbocycles. The van der Waals surface area contributed by atoms with Crippen LogP contribution in [0.25, 0.3) is 0 Å². The Hall–Kier alpha value is -2.39. The summed E-state index contributed by atoms with van der Waals surface area (Å²) in [7, 11) is -2.60. The first-order valence-corrected chi connectivity index (χ1v) is 9.86. The van der Waals surface area contributed by atoms with E-state index in [1.165, 1.54) is 32.2 Å². The summed E-state index contributed by atoms with van der Waals surface area (Å²) < 4.78 is 57.4. The summed E-state index contributed by atoms with van der Waals surface area (Å²) in [5.41, 5.74) is -0.227. The number of nitrogens with one attached hydrogen (secondary N) is 1. The minimum absolute atomic E-state index is 0.0507. The molecule has 1 amide bonds. The molecule has 0 spiro atoms. The highest BCUT2D eigenvalue weighted by atomic mass is 35.5. The summed E-state index contributed by atoms with van der Waals surface area (Å²) in [6, 6.07) is 5.64. The number of ether oxygens (including phenoxy) is 1. The molecule has 1 N–H and O–H groups in total. The van der Waals surface area contributed by atoms with Crippen molar-refractivity contribution in [3.8, 4) is 5.75 Å². The number of nitrogens with zero attached hydrogens (tertiary/aromatic N) is 1. The molecule has 0 radical (unpaired) electrons. The number of methoxy groups -OCH3 is 1. The molecule has 2 aromatic carbocycles. The van der Waals surface area contributed by atoms with Crippen LogP contribution in [-0.4, -0.2) is 33.7 Å². The lowest BCUT2D eigenvalue weighted by atomic mass is 10.2. The van der Waals surface area contributed by atoms with E-state index in [9.17, 15) is 22.0 Å². The quantitative estimate of drug-likeness (QED) is 0.779. The van der Waals surface area contributed by atoms with Crippen molar-refractivity contribution in [3.05, 3.63) is 53.1 Å². The van der Waals surface area contributed by atoms with Gasteiger partial charge in [-0.15, -0.1) is 0 Å². The number of amides is 1. The van der Waals surface area contributed by atoms with Gasteiger partial charge in [0, 0.05) is 11.1 Å². The van der Waals surface area contributed by atoms with E-state index in [-0.39, 0.29) is 22.1 Å². The Morgan fingerprint density at radius 2 is 1.89 bits per heavy atom. The van der Waals surface area contributed by atoms with Crippen LogP contribution in [-0.2, 0) is 14.8 Å². The number of rotatable bonds is 6. The van der Waals surface area contributed by atoms with E-state index < -0.39 is 33.6 Å². The Morgan fingerprint density at radius 1 is 1.22 bits per heavy atom. The van der Waals surface area contributed by atoms with Gasteiger partial charge in [0.2, 0.25) is 15.9 Å². The highest BCUT2D eigenvalue weighted by Crippen LogP contribution is 2.34. The molecule has 0 aliphatic rings. The lowest BCUT2D eigenvalue weighted by Crippen LogP contribution is -2.45. The Labute approximate surface area is 160 Å². The lowest BCUT2D eigenvalue weighted by molar-refractivity contribution is -0.116. The minimum Gasteiger partial charge on any atom is -0.495 e. The van der Waals surface area contributed by atoms with E-state index in [1.807, 2.05) is 0 Å². The summed E-state index contributed by atoms with van der Waals surface area (Å²) in [6.07, 6.45) is 0.912. The van der Waals surface area contributed by atoms with Crippen LogP contribution in [0.1, 0.15) is 6.92 Å². The van der Waals surface area contributed by atoms with E-state index in [4.69, 9.17) is 16.3 Å². The zero-order valence-corrected chi connectivity index (χ0v) is 16.2. The number of hydrogen-bond acceptors (Lipinski definition) is 4. The van der Waals surface area contributed by atoms with Crippen LogP contribution >= 0.6 is 11.6 Å². The molecule has 0 aromatic heterocycles. The maximum absolute atomic E-state index is 13.8. The highest BCUT2D eigenvalue weighted by Gasteiger charge is 2.31. The van der Waals surface area contributed by atoms with Gasteiger partial charge < -0.3 is 10.1 Å².